The van der Waals surface area contributed by atoms with Crippen molar-refractivity contribution in [2.24, 2.45) is 0 Å². The van der Waals surface area contributed by atoms with Crippen molar-refractivity contribution in [2.75, 3.05) is 0 Å². The average Bonchev–Trinajstić information content (AvgIpc) is 2.97. The summed E-state index contributed by atoms with van der Waals surface area (Å²) in [5.74, 6) is 0.478. The van der Waals surface area contributed by atoms with E-state index < -0.39 is 0 Å². The molecule has 1 aliphatic carbocycles. The Hall–Kier alpha value is -1.80. The minimum Gasteiger partial charge on any atom is -0.358 e. The van der Waals surface area contributed by atoms with Crippen molar-refractivity contribution in [2.45, 2.75) is 45.4 Å². The number of pyridine rings is 1. The van der Waals surface area contributed by atoms with Crippen LogP contribution in [-0.2, 0) is 12.8 Å². The largest absolute Gasteiger partial charge is 0.358 e. The molecular weight excluding hydrogens is 304 g/mol. The maximum absolute atomic E-state index is 6.56. The van der Waals surface area contributed by atoms with Gasteiger partial charge in [-0.25, -0.2) is 0 Å². The van der Waals surface area contributed by atoms with Crippen molar-refractivity contribution in [1.82, 2.24) is 9.97 Å². The molecule has 0 atom stereocenters. The van der Waals surface area contributed by atoms with E-state index in [0.29, 0.717) is 5.92 Å². The lowest BCUT2D eigenvalue weighted by molar-refractivity contribution is 0.668. The van der Waals surface area contributed by atoms with E-state index >= 15 is 0 Å². The first-order valence-electron chi connectivity index (χ1n) is 8.43. The summed E-state index contributed by atoms with van der Waals surface area (Å²) in [6, 6.07) is 10.7. The minimum atomic E-state index is 0.478. The number of nitrogens with one attached hydrogen (secondary N) is 1. The van der Waals surface area contributed by atoms with Crippen LogP contribution in [0.1, 0.15) is 49.6 Å². The van der Waals surface area contributed by atoms with Gasteiger partial charge in [0.05, 0.1) is 10.7 Å². The lowest BCUT2D eigenvalue weighted by atomic mass is 9.95. The Morgan fingerprint density at radius 2 is 1.91 bits per heavy atom. The summed E-state index contributed by atoms with van der Waals surface area (Å²) in [4.78, 5) is 8.40. The molecule has 1 aliphatic rings. The topological polar surface area (TPSA) is 28.7 Å². The summed E-state index contributed by atoms with van der Waals surface area (Å²) in [6.07, 6.45) is 4.76. The highest BCUT2D eigenvalue weighted by Gasteiger charge is 2.14. The quantitative estimate of drug-likeness (QED) is 0.626. The minimum absolute atomic E-state index is 0.478. The molecule has 0 radical (unpaired) electrons. The molecule has 118 valence electrons. The van der Waals surface area contributed by atoms with Gasteiger partial charge >= 0.3 is 0 Å². The molecule has 3 heteroatoms. The zero-order valence-corrected chi connectivity index (χ0v) is 14.4. The molecule has 2 aromatic heterocycles. The summed E-state index contributed by atoms with van der Waals surface area (Å²) in [5.41, 5.74) is 7.03. The third kappa shape index (κ3) is 2.66. The molecule has 23 heavy (non-hydrogen) atoms. The van der Waals surface area contributed by atoms with E-state index in [1.807, 2.05) is 0 Å². The number of rotatable bonds is 2. The third-order valence-corrected chi connectivity index (χ3v) is 5.12. The molecule has 0 saturated heterocycles. The van der Waals surface area contributed by atoms with Gasteiger partial charge in [-0.15, -0.1) is 0 Å². The van der Waals surface area contributed by atoms with E-state index in [1.54, 1.807) is 0 Å². The Kier molecular flexibility index (Phi) is 3.65. The Balaban J connectivity index is 1.83. The number of hydrogen-bond acceptors (Lipinski definition) is 1. The number of aryl methyl sites for hydroxylation is 2. The molecule has 2 heterocycles. The lowest BCUT2D eigenvalue weighted by Crippen LogP contribution is -2.05. The first-order valence-corrected chi connectivity index (χ1v) is 8.81. The van der Waals surface area contributed by atoms with Crippen LogP contribution in [0.3, 0.4) is 0 Å². The van der Waals surface area contributed by atoms with Gasteiger partial charge in [-0.2, -0.15) is 0 Å². The van der Waals surface area contributed by atoms with Gasteiger partial charge in [-0.1, -0.05) is 31.5 Å². The van der Waals surface area contributed by atoms with E-state index in [0.717, 1.165) is 34.6 Å². The fourth-order valence-corrected chi connectivity index (χ4v) is 3.68. The summed E-state index contributed by atoms with van der Waals surface area (Å²) in [7, 11) is 0. The van der Waals surface area contributed by atoms with Gasteiger partial charge in [0, 0.05) is 27.9 Å². The monoisotopic (exact) mass is 324 g/mol. The molecule has 4 rings (SSSR count). The molecule has 0 spiro atoms. The number of fused-ring (bicyclic) bond motifs is 2. The number of aromatic nitrogens is 2. The molecular formula is C20H21ClN2. The van der Waals surface area contributed by atoms with Gasteiger partial charge < -0.3 is 4.98 Å². The van der Waals surface area contributed by atoms with Crippen LogP contribution in [0.25, 0.3) is 22.2 Å². The van der Waals surface area contributed by atoms with Crippen molar-refractivity contribution in [3.05, 3.63) is 52.3 Å². The summed E-state index contributed by atoms with van der Waals surface area (Å²) >= 11 is 6.56. The zero-order valence-electron chi connectivity index (χ0n) is 13.6. The molecule has 0 amide bonds. The second-order valence-corrected chi connectivity index (χ2v) is 7.22. The Bertz CT molecular complexity index is 877. The maximum atomic E-state index is 6.56. The second kappa shape index (κ2) is 5.68. The zero-order chi connectivity index (χ0) is 16.0. The predicted molar refractivity (Wildman–Crippen MR) is 97.3 cm³/mol. The predicted octanol–water partition coefficient (Wildman–Crippen LogP) is 5.89. The number of hydrogen-bond donors (Lipinski definition) is 1. The number of halogens is 1. The number of H-pyrrole nitrogens is 1. The van der Waals surface area contributed by atoms with Gasteiger partial charge in [0.1, 0.15) is 0 Å². The standard InChI is InChI=1S/C20H21ClN2/c1-12(2)19-10-14-9-16(21)15(11-20(14)23-19)18-8-7-13-5-3-4-6-17(13)22-18/h7-12,23H,3-6H2,1-2H3. The molecule has 0 saturated carbocycles. The second-order valence-electron chi connectivity index (χ2n) is 6.81. The van der Waals surface area contributed by atoms with Crippen molar-refractivity contribution >= 4 is 22.5 Å². The van der Waals surface area contributed by atoms with Crippen LogP contribution >= 0.6 is 11.6 Å². The van der Waals surface area contributed by atoms with Gasteiger partial charge in [-0.05, 0) is 61.4 Å². The van der Waals surface area contributed by atoms with Crippen LogP contribution < -0.4 is 0 Å². The molecule has 2 nitrogen and oxygen atoms in total. The molecule has 0 unspecified atom stereocenters. The number of benzene rings is 1. The van der Waals surface area contributed by atoms with E-state index in [-0.39, 0.29) is 0 Å². The van der Waals surface area contributed by atoms with E-state index in [2.05, 4.69) is 49.2 Å². The number of nitrogens with zero attached hydrogens (tertiary/aromatic N) is 1. The molecule has 3 aromatic rings. The Morgan fingerprint density at radius 1 is 1.09 bits per heavy atom. The summed E-state index contributed by atoms with van der Waals surface area (Å²) in [6.45, 7) is 4.39. The third-order valence-electron chi connectivity index (χ3n) is 4.81. The van der Waals surface area contributed by atoms with Crippen molar-refractivity contribution in [1.29, 1.82) is 0 Å². The lowest BCUT2D eigenvalue weighted by Gasteiger charge is -2.16. The average molecular weight is 325 g/mol. The van der Waals surface area contributed by atoms with Crippen LogP contribution in [0.5, 0.6) is 0 Å². The molecule has 0 aliphatic heterocycles. The molecule has 1 N–H and O–H groups in total. The van der Waals surface area contributed by atoms with E-state index in [9.17, 15) is 0 Å². The van der Waals surface area contributed by atoms with Gasteiger partial charge in [0.15, 0.2) is 0 Å². The van der Waals surface area contributed by atoms with Gasteiger partial charge in [0.25, 0.3) is 0 Å². The van der Waals surface area contributed by atoms with Crippen LogP contribution in [0.4, 0.5) is 0 Å². The van der Waals surface area contributed by atoms with Crippen LogP contribution in [-0.4, -0.2) is 9.97 Å². The first-order chi connectivity index (χ1) is 11.1. The van der Waals surface area contributed by atoms with Crippen molar-refractivity contribution in [3.8, 4) is 11.3 Å². The Labute approximate surface area is 141 Å². The summed E-state index contributed by atoms with van der Waals surface area (Å²) < 4.78 is 0. The molecule has 0 fully saturated rings. The van der Waals surface area contributed by atoms with Crippen LogP contribution in [0.2, 0.25) is 5.02 Å². The Morgan fingerprint density at radius 3 is 2.74 bits per heavy atom. The first kappa shape index (κ1) is 14.8. The van der Waals surface area contributed by atoms with E-state index in [4.69, 9.17) is 16.6 Å². The highest BCUT2D eigenvalue weighted by molar-refractivity contribution is 6.34. The van der Waals surface area contributed by atoms with Crippen LogP contribution in [0.15, 0.2) is 30.3 Å². The highest BCUT2D eigenvalue weighted by Crippen LogP contribution is 2.33. The SMILES string of the molecule is CC(C)c1cc2cc(Cl)c(-c3ccc4c(n3)CCCC4)cc2[nH]1. The van der Waals surface area contributed by atoms with Crippen molar-refractivity contribution < 1.29 is 0 Å². The number of aromatic amines is 1. The van der Waals surface area contributed by atoms with Gasteiger partial charge in [-0.3, -0.25) is 4.98 Å². The van der Waals surface area contributed by atoms with Gasteiger partial charge in [0.2, 0.25) is 0 Å². The normalized spacial score (nSPS) is 14.4. The smallest absolute Gasteiger partial charge is 0.0721 e. The fourth-order valence-electron chi connectivity index (χ4n) is 3.41. The summed E-state index contributed by atoms with van der Waals surface area (Å²) in [5, 5.41) is 1.94. The van der Waals surface area contributed by atoms with E-state index in [1.165, 1.54) is 35.2 Å². The molecule has 0 bridgehead atoms. The fraction of sp³-hybridized carbons (Fsp3) is 0.350. The van der Waals surface area contributed by atoms with Crippen LogP contribution in [0, 0.1) is 0 Å². The molecule has 1 aromatic carbocycles. The van der Waals surface area contributed by atoms with Crippen molar-refractivity contribution in [3.63, 3.8) is 0 Å². The maximum Gasteiger partial charge on any atom is 0.0721 e. The highest BCUT2D eigenvalue weighted by atomic mass is 35.5.